The molecule has 0 radical (unpaired) electrons. The van der Waals surface area contributed by atoms with Gasteiger partial charge in [0.15, 0.2) is 0 Å². The van der Waals surface area contributed by atoms with Crippen molar-refractivity contribution in [3.8, 4) is 0 Å². The molecule has 1 saturated heterocycles. The van der Waals surface area contributed by atoms with Gasteiger partial charge in [-0.2, -0.15) is 11.8 Å². The molecule has 3 atom stereocenters. The summed E-state index contributed by atoms with van der Waals surface area (Å²) in [6.45, 7) is 8.71. The van der Waals surface area contributed by atoms with Gasteiger partial charge in [0, 0.05) is 39.9 Å². The molecule has 2 N–H and O–H groups in total. The lowest BCUT2D eigenvalue weighted by Crippen LogP contribution is -2.48. The van der Waals surface area contributed by atoms with Crippen LogP contribution >= 0.6 is 23.1 Å². The molecule has 1 aromatic heterocycles. The summed E-state index contributed by atoms with van der Waals surface area (Å²) in [5.41, 5.74) is 6.01. The second-order valence-corrected chi connectivity index (χ2v) is 7.56. The van der Waals surface area contributed by atoms with E-state index in [2.05, 4.69) is 49.6 Å². The van der Waals surface area contributed by atoms with Crippen molar-refractivity contribution in [3.63, 3.8) is 0 Å². The smallest absolute Gasteiger partial charge is 0.0567 e. The molecule has 0 spiro atoms. The minimum absolute atomic E-state index is 0.409. The maximum absolute atomic E-state index is 6.01. The summed E-state index contributed by atoms with van der Waals surface area (Å²) in [4.78, 5) is 5.40. The molecule has 2 nitrogen and oxygen atoms in total. The van der Waals surface area contributed by atoms with E-state index in [0.29, 0.717) is 17.3 Å². The number of hydrogen-bond donors (Lipinski definition) is 1. The summed E-state index contributed by atoms with van der Waals surface area (Å²) in [5, 5.41) is 0.707. The van der Waals surface area contributed by atoms with Crippen LogP contribution in [0.1, 0.15) is 29.6 Å². The highest BCUT2D eigenvalue weighted by atomic mass is 32.2. The maximum atomic E-state index is 6.01. The highest BCUT2D eigenvalue weighted by Crippen LogP contribution is 2.33. The minimum Gasteiger partial charge on any atom is -0.329 e. The highest BCUT2D eigenvalue weighted by molar-refractivity contribution is 8.00. The fraction of sp³-hybridized carbons (Fsp3) is 0.692. The van der Waals surface area contributed by atoms with Crippen LogP contribution in [0.4, 0.5) is 0 Å². The van der Waals surface area contributed by atoms with E-state index >= 15 is 0 Å². The third-order valence-corrected chi connectivity index (χ3v) is 6.09. The van der Waals surface area contributed by atoms with Crippen LogP contribution in [0.5, 0.6) is 0 Å². The van der Waals surface area contributed by atoms with E-state index in [0.717, 1.165) is 13.1 Å². The lowest BCUT2D eigenvalue weighted by molar-refractivity contribution is 0.153. The van der Waals surface area contributed by atoms with Crippen LogP contribution in [-0.2, 0) is 0 Å². The van der Waals surface area contributed by atoms with Crippen molar-refractivity contribution in [3.05, 3.63) is 21.9 Å². The van der Waals surface area contributed by atoms with Crippen molar-refractivity contribution in [1.29, 1.82) is 0 Å². The summed E-state index contributed by atoms with van der Waals surface area (Å²) in [6, 6.07) is 5.48. The topological polar surface area (TPSA) is 29.3 Å². The van der Waals surface area contributed by atoms with Crippen LogP contribution in [0.15, 0.2) is 12.1 Å². The summed E-state index contributed by atoms with van der Waals surface area (Å²) in [5.74, 6) is 1.23. The zero-order valence-corrected chi connectivity index (χ0v) is 12.5. The van der Waals surface area contributed by atoms with Crippen molar-refractivity contribution in [2.75, 3.05) is 18.8 Å². The quantitative estimate of drug-likeness (QED) is 0.916. The van der Waals surface area contributed by atoms with E-state index in [9.17, 15) is 0 Å². The average molecular weight is 270 g/mol. The number of thioether (sulfide) groups is 1. The Morgan fingerprint density at radius 2 is 2.24 bits per heavy atom. The number of thiophene rings is 1. The van der Waals surface area contributed by atoms with Crippen molar-refractivity contribution < 1.29 is 0 Å². The van der Waals surface area contributed by atoms with Gasteiger partial charge in [-0.15, -0.1) is 11.3 Å². The van der Waals surface area contributed by atoms with Crippen molar-refractivity contribution in [2.45, 2.75) is 38.1 Å². The van der Waals surface area contributed by atoms with Gasteiger partial charge in [-0.05, 0) is 26.0 Å². The largest absolute Gasteiger partial charge is 0.329 e. The second-order valence-electron chi connectivity index (χ2n) is 4.75. The Morgan fingerprint density at radius 1 is 1.47 bits per heavy atom. The summed E-state index contributed by atoms with van der Waals surface area (Å²) in [7, 11) is 0. The Bertz CT molecular complexity index is 364. The van der Waals surface area contributed by atoms with Gasteiger partial charge in [0.25, 0.3) is 0 Å². The molecular weight excluding hydrogens is 248 g/mol. The molecule has 0 aliphatic carbocycles. The summed E-state index contributed by atoms with van der Waals surface area (Å²) in [6.07, 6.45) is 0. The van der Waals surface area contributed by atoms with Gasteiger partial charge in [0.05, 0.1) is 6.04 Å². The first-order valence-corrected chi connectivity index (χ1v) is 8.13. The summed E-state index contributed by atoms with van der Waals surface area (Å²) >= 11 is 3.97. The molecule has 0 amide bonds. The van der Waals surface area contributed by atoms with Crippen LogP contribution in [0.3, 0.4) is 0 Å². The zero-order valence-electron chi connectivity index (χ0n) is 10.8. The molecule has 3 unspecified atom stereocenters. The Kier molecular flexibility index (Phi) is 4.53. The van der Waals surface area contributed by atoms with E-state index in [1.54, 1.807) is 0 Å². The molecule has 1 aliphatic rings. The van der Waals surface area contributed by atoms with Crippen LogP contribution in [0.2, 0.25) is 0 Å². The SMILES string of the molecule is Cc1ccc(C(CN)N2CCSC(C)C2C)s1. The van der Waals surface area contributed by atoms with Gasteiger partial charge in [-0.25, -0.2) is 0 Å². The molecule has 0 saturated carbocycles. The lowest BCUT2D eigenvalue weighted by atomic mass is 10.1. The Morgan fingerprint density at radius 3 is 2.82 bits per heavy atom. The first-order chi connectivity index (χ1) is 8.13. The zero-order chi connectivity index (χ0) is 12.4. The number of nitrogens with zero attached hydrogens (tertiary/aromatic N) is 1. The van der Waals surface area contributed by atoms with Crippen molar-refractivity contribution >= 4 is 23.1 Å². The molecule has 1 aliphatic heterocycles. The first-order valence-electron chi connectivity index (χ1n) is 6.27. The van der Waals surface area contributed by atoms with Gasteiger partial charge in [0.2, 0.25) is 0 Å². The fourth-order valence-corrected chi connectivity index (χ4v) is 4.58. The average Bonchev–Trinajstić information content (AvgIpc) is 2.72. The second kappa shape index (κ2) is 5.74. The summed E-state index contributed by atoms with van der Waals surface area (Å²) < 4.78 is 0. The maximum Gasteiger partial charge on any atom is 0.0567 e. The lowest BCUT2D eigenvalue weighted by Gasteiger charge is -2.41. The van der Waals surface area contributed by atoms with Gasteiger partial charge in [-0.1, -0.05) is 6.92 Å². The molecule has 96 valence electrons. The monoisotopic (exact) mass is 270 g/mol. The van der Waals surface area contributed by atoms with Gasteiger partial charge in [-0.3, -0.25) is 4.90 Å². The van der Waals surface area contributed by atoms with Gasteiger partial charge < -0.3 is 5.73 Å². The van der Waals surface area contributed by atoms with Crippen LogP contribution in [-0.4, -0.2) is 35.0 Å². The van der Waals surface area contributed by atoms with Gasteiger partial charge >= 0.3 is 0 Å². The van der Waals surface area contributed by atoms with E-state index < -0.39 is 0 Å². The molecule has 1 aromatic rings. The highest BCUT2D eigenvalue weighted by Gasteiger charge is 2.31. The Hall–Kier alpha value is -0.0300. The fourth-order valence-electron chi connectivity index (χ4n) is 2.44. The number of hydrogen-bond acceptors (Lipinski definition) is 4. The molecule has 2 heterocycles. The molecule has 0 aromatic carbocycles. The molecular formula is C13H22N2S2. The third kappa shape index (κ3) is 2.87. The Balaban J connectivity index is 2.17. The predicted octanol–water partition coefficient (Wildman–Crippen LogP) is 2.88. The van der Waals surface area contributed by atoms with E-state index in [-0.39, 0.29) is 0 Å². The van der Waals surface area contributed by atoms with Crippen molar-refractivity contribution in [2.24, 2.45) is 5.73 Å². The standard InChI is InChI=1S/C13H22N2S2/c1-9-4-5-13(17-9)12(8-14)15-6-7-16-11(3)10(15)2/h4-5,10-12H,6-8,14H2,1-3H3. The minimum atomic E-state index is 0.409. The normalized spacial score (nSPS) is 28.2. The Labute approximate surface area is 113 Å². The molecule has 2 rings (SSSR count). The number of rotatable bonds is 3. The molecule has 17 heavy (non-hydrogen) atoms. The van der Waals surface area contributed by atoms with E-state index in [1.165, 1.54) is 15.5 Å². The third-order valence-electron chi connectivity index (χ3n) is 3.65. The number of aryl methyl sites for hydroxylation is 1. The van der Waals surface area contributed by atoms with Crippen LogP contribution < -0.4 is 5.73 Å². The first kappa shape index (κ1) is 13.4. The molecule has 4 heteroatoms. The van der Waals surface area contributed by atoms with E-state index in [4.69, 9.17) is 5.73 Å². The predicted molar refractivity (Wildman–Crippen MR) is 78.9 cm³/mol. The van der Waals surface area contributed by atoms with E-state index in [1.807, 2.05) is 11.3 Å². The molecule has 1 fully saturated rings. The van der Waals surface area contributed by atoms with Crippen LogP contribution in [0, 0.1) is 6.92 Å². The van der Waals surface area contributed by atoms with Gasteiger partial charge in [0.1, 0.15) is 0 Å². The molecule has 0 bridgehead atoms. The van der Waals surface area contributed by atoms with Crippen molar-refractivity contribution in [1.82, 2.24) is 4.90 Å². The van der Waals surface area contributed by atoms with Crippen LogP contribution in [0.25, 0.3) is 0 Å². The number of nitrogens with two attached hydrogens (primary N) is 1.